The average molecular weight is 365 g/mol. The molecule has 6 heteroatoms. The monoisotopic (exact) mass is 365 g/mol. The molecule has 27 heavy (non-hydrogen) atoms. The lowest BCUT2D eigenvalue weighted by molar-refractivity contribution is 0.313. The van der Waals surface area contributed by atoms with Crippen LogP contribution in [0.15, 0.2) is 54.6 Å². The van der Waals surface area contributed by atoms with Gasteiger partial charge in [0.15, 0.2) is 0 Å². The molecule has 0 spiro atoms. The highest BCUT2D eigenvalue weighted by molar-refractivity contribution is 5.28. The molecule has 0 saturated heterocycles. The molecule has 0 aliphatic carbocycles. The summed E-state index contributed by atoms with van der Waals surface area (Å²) in [5.41, 5.74) is 2.47. The quantitative estimate of drug-likeness (QED) is 0.540. The largest absolute Gasteiger partial charge is 0.494 e. The van der Waals surface area contributed by atoms with Gasteiger partial charge in [-0.05, 0) is 43.8 Å². The first kappa shape index (κ1) is 18.9. The van der Waals surface area contributed by atoms with E-state index in [1.54, 1.807) is 0 Å². The van der Waals surface area contributed by atoms with Crippen LogP contribution in [0.4, 0.5) is 5.95 Å². The normalized spacial score (nSPS) is 10.9. The van der Waals surface area contributed by atoms with Crippen LogP contribution in [0.3, 0.4) is 0 Å². The Kier molecular flexibility index (Phi) is 6.82. The van der Waals surface area contributed by atoms with Crippen LogP contribution in [0.5, 0.6) is 5.75 Å². The fourth-order valence-corrected chi connectivity index (χ4v) is 2.80. The molecule has 1 heterocycles. The highest BCUT2D eigenvalue weighted by Gasteiger charge is 2.04. The van der Waals surface area contributed by atoms with Crippen molar-refractivity contribution < 1.29 is 4.74 Å². The van der Waals surface area contributed by atoms with E-state index in [1.807, 2.05) is 30.3 Å². The zero-order chi connectivity index (χ0) is 18.9. The third kappa shape index (κ3) is 6.42. The molecule has 0 atom stereocenters. The van der Waals surface area contributed by atoms with E-state index in [1.165, 1.54) is 11.1 Å². The van der Waals surface area contributed by atoms with E-state index >= 15 is 0 Å². The molecule has 142 valence electrons. The summed E-state index contributed by atoms with van der Waals surface area (Å²) in [6.07, 6.45) is 1.63. The summed E-state index contributed by atoms with van der Waals surface area (Å²) in [6, 6.07) is 18.5. The van der Waals surface area contributed by atoms with Gasteiger partial charge in [-0.15, -0.1) is 5.10 Å². The number of ether oxygens (including phenoxy) is 1. The number of benzene rings is 2. The van der Waals surface area contributed by atoms with Gasteiger partial charge in [0.2, 0.25) is 5.95 Å². The van der Waals surface area contributed by atoms with Gasteiger partial charge in [0.05, 0.1) is 6.61 Å². The second-order valence-electron chi connectivity index (χ2n) is 6.78. The van der Waals surface area contributed by atoms with Crippen molar-refractivity contribution in [1.82, 2.24) is 20.1 Å². The van der Waals surface area contributed by atoms with E-state index < -0.39 is 0 Å². The van der Waals surface area contributed by atoms with Crippen molar-refractivity contribution in [3.8, 4) is 5.75 Å². The van der Waals surface area contributed by atoms with Crippen LogP contribution in [0.1, 0.15) is 23.4 Å². The summed E-state index contributed by atoms with van der Waals surface area (Å²) >= 11 is 0. The van der Waals surface area contributed by atoms with Gasteiger partial charge in [-0.2, -0.15) is 4.98 Å². The second-order valence-corrected chi connectivity index (χ2v) is 6.78. The first-order valence-electron chi connectivity index (χ1n) is 9.24. The number of aromatic amines is 1. The van der Waals surface area contributed by atoms with Crippen LogP contribution in [0.2, 0.25) is 0 Å². The van der Waals surface area contributed by atoms with Gasteiger partial charge >= 0.3 is 0 Å². The number of H-pyrrole nitrogens is 1. The number of nitrogens with one attached hydrogen (secondary N) is 2. The maximum atomic E-state index is 5.84. The van der Waals surface area contributed by atoms with Crippen LogP contribution in [-0.2, 0) is 13.0 Å². The molecule has 0 aliphatic heterocycles. The Morgan fingerprint density at radius 2 is 1.85 bits per heavy atom. The lowest BCUT2D eigenvalue weighted by Crippen LogP contribution is -2.11. The predicted octanol–water partition coefficient (Wildman–Crippen LogP) is 3.34. The summed E-state index contributed by atoms with van der Waals surface area (Å²) in [6.45, 7) is 2.33. The van der Waals surface area contributed by atoms with Crippen LogP contribution in [0.25, 0.3) is 0 Å². The van der Waals surface area contributed by atoms with Crippen molar-refractivity contribution in [2.24, 2.45) is 0 Å². The fraction of sp³-hybridized carbons (Fsp3) is 0.333. The molecule has 0 fully saturated rings. The lowest BCUT2D eigenvalue weighted by atomic mass is 10.1. The SMILES string of the molecule is CN(C)Cc1cccc(OCCCNc2n[nH]c(Cc3ccccc3)n2)c1. The Balaban J connectivity index is 1.37. The van der Waals surface area contributed by atoms with E-state index in [9.17, 15) is 0 Å². The van der Waals surface area contributed by atoms with Crippen molar-refractivity contribution in [3.05, 3.63) is 71.5 Å². The molecule has 6 nitrogen and oxygen atoms in total. The number of aromatic nitrogens is 3. The van der Waals surface area contributed by atoms with Crippen LogP contribution < -0.4 is 10.1 Å². The molecule has 0 saturated carbocycles. The fourth-order valence-electron chi connectivity index (χ4n) is 2.80. The zero-order valence-electron chi connectivity index (χ0n) is 16.0. The van der Waals surface area contributed by atoms with E-state index in [0.29, 0.717) is 12.6 Å². The molecule has 3 aromatic rings. The molecule has 2 N–H and O–H groups in total. The van der Waals surface area contributed by atoms with Crippen molar-refractivity contribution in [1.29, 1.82) is 0 Å². The van der Waals surface area contributed by atoms with Gasteiger partial charge in [-0.1, -0.05) is 42.5 Å². The molecular formula is C21H27N5O. The molecular weight excluding hydrogens is 338 g/mol. The second kappa shape index (κ2) is 9.73. The van der Waals surface area contributed by atoms with Crippen LogP contribution in [-0.4, -0.2) is 47.3 Å². The minimum Gasteiger partial charge on any atom is -0.494 e. The number of nitrogens with zero attached hydrogens (tertiary/aromatic N) is 3. The van der Waals surface area contributed by atoms with Crippen LogP contribution in [0, 0.1) is 0 Å². The summed E-state index contributed by atoms with van der Waals surface area (Å²) in [5.74, 6) is 2.41. The predicted molar refractivity (Wildman–Crippen MR) is 108 cm³/mol. The van der Waals surface area contributed by atoms with Gasteiger partial charge in [-0.25, -0.2) is 0 Å². The Morgan fingerprint density at radius 1 is 1.04 bits per heavy atom. The minimum atomic E-state index is 0.633. The standard InChI is InChI=1S/C21H27N5O/c1-26(2)16-18-10-6-11-19(14-18)27-13-7-12-22-21-23-20(24-25-21)15-17-8-4-3-5-9-17/h3-6,8-11,14H,7,12-13,15-16H2,1-2H3,(H2,22,23,24,25). The Morgan fingerprint density at radius 3 is 2.67 bits per heavy atom. The molecule has 0 bridgehead atoms. The van der Waals surface area contributed by atoms with Crippen molar-refractivity contribution in [3.63, 3.8) is 0 Å². The van der Waals surface area contributed by atoms with Crippen molar-refractivity contribution in [2.75, 3.05) is 32.6 Å². The van der Waals surface area contributed by atoms with E-state index in [4.69, 9.17) is 4.74 Å². The lowest BCUT2D eigenvalue weighted by Gasteiger charge is -2.11. The molecule has 0 unspecified atom stereocenters. The van der Waals surface area contributed by atoms with Crippen molar-refractivity contribution >= 4 is 5.95 Å². The highest BCUT2D eigenvalue weighted by Crippen LogP contribution is 2.14. The van der Waals surface area contributed by atoms with Gasteiger partial charge in [0, 0.05) is 19.5 Å². The zero-order valence-corrected chi connectivity index (χ0v) is 16.0. The number of anilines is 1. The van der Waals surface area contributed by atoms with E-state index in [2.05, 4.69) is 63.8 Å². The number of hydrogen-bond acceptors (Lipinski definition) is 5. The summed E-state index contributed by atoms with van der Waals surface area (Å²) < 4.78 is 5.84. The summed E-state index contributed by atoms with van der Waals surface area (Å²) in [4.78, 5) is 6.62. The average Bonchev–Trinajstić information content (AvgIpc) is 3.09. The third-order valence-electron chi connectivity index (χ3n) is 4.02. The maximum absolute atomic E-state index is 5.84. The molecule has 1 aromatic heterocycles. The topological polar surface area (TPSA) is 66.1 Å². The number of rotatable bonds is 10. The Labute approximate surface area is 160 Å². The third-order valence-corrected chi connectivity index (χ3v) is 4.02. The molecule has 0 aliphatic rings. The molecule has 0 amide bonds. The minimum absolute atomic E-state index is 0.633. The Bertz CT molecular complexity index is 816. The Hall–Kier alpha value is -2.86. The first-order chi connectivity index (χ1) is 13.2. The van der Waals surface area contributed by atoms with Gasteiger partial charge < -0.3 is 15.0 Å². The molecule has 0 radical (unpaired) electrons. The van der Waals surface area contributed by atoms with Gasteiger partial charge in [0.25, 0.3) is 0 Å². The number of hydrogen-bond donors (Lipinski definition) is 2. The molecule has 3 rings (SSSR count). The maximum Gasteiger partial charge on any atom is 0.242 e. The van der Waals surface area contributed by atoms with E-state index in [-0.39, 0.29) is 0 Å². The van der Waals surface area contributed by atoms with Gasteiger partial charge in [0.1, 0.15) is 11.6 Å². The highest BCUT2D eigenvalue weighted by atomic mass is 16.5. The van der Waals surface area contributed by atoms with Crippen molar-refractivity contribution in [2.45, 2.75) is 19.4 Å². The smallest absolute Gasteiger partial charge is 0.242 e. The van der Waals surface area contributed by atoms with Gasteiger partial charge in [-0.3, -0.25) is 5.10 Å². The van der Waals surface area contributed by atoms with Crippen LogP contribution >= 0.6 is 0 Å². The van der Waals surface area contributed by atoms with E-state index in [0.717, 1.165) is 37.5 Å². The summed E-state index contributed by atoms with van der Waals surface area (Å²) in [7, 11) is 4.13. The molecule has 2 aromatic carbocycles. The summed E-state index contributed by atoms with van der Waals surface area (Å²) in [5, 5.41) is 10.4. The first-order valence-corrected chi connectivity index (χ1v) is 9.24.